The molecule has 1 aliphatic heterocycles. The smallest absolute Gasteiger partial charge is 0.337 e. The van der Waals surface area contributed by atoms with Crippen molar-refractivity contribution in [1.29, 1.82) is 5.26 Å². The number of nitriles is 1. The molecule has 0 aliphatic carbocycles. The molecule has 4 rings (SSSR count). The van der Waals surface area contributed by atoms with E-state index in [1.165, 1.54) is 37.7 Å². The predicted molar refractivity (Wildman–Crippen MR) is 107 cm³/mol. The van der Waals surface area contributed by atoms with Crippen molar-refractivity contribution in [3.63, 3.8) is 0 Å². The van der Waals surface area contributed by atoms with E-state index in [4.69, 9.17) is 4.74 Å². The summed E-state index contributed by atoms with van der Waals surface area (Å²) < 4.78 is 5.70. The van der Waals surface area contributed by atoms with E-state index in [1.807, 2.05) is 24.3 Å². The molecule has 2 aromatic carbocycles. The zero-order valence-corrected chi connectivity index (χ0v) is 15.9. The van der Waals surface area contributed by atoms with E-state index >= 15 is 0 Å². The van der Waals surface area contributed by atoms with Crippen LogP contribution in [0.4, 0.5) is 5.69 Å². The van der Waals surface area contributed by atoms with Crippen LogP contribution in [0.3, 0.4) is 0 Å². The molecule has 5 nitrogen and oxygen atoms in total. The third-order valence-corrected chi connectivity index (χ3v) is 5.94. The molecule has 1 aliphatic rings. The number of esters is 1. The van der Waals surface area contributed by atoms with Gasteiger partial charge in [-0.1, -0.05) is 0 Å². The molecule has 2 heterocycles. The van der Waals surface area contributed by atoms with Crippen LogP contribution in [0.2, 0.25) is 0 Å². The van der Waals surface area contributed by atoms with Crippen molar-refractivity contribution in [2.45, 2.75) is 19.3 Å². The van der Waals surface area contributed by atoms with Crippen molar-refractivity contribution >= 4 is 33.2 Å². The molecule has 3 aromatic rings. The molecular weight excluding hydrogens is 358 g/mol. The molecule has 1 saturated heterocycles. The minimum atomic E-state index is -0.357. The highest BCUT2D eigenvalue weighted by Crippen LogP contribution is 2.34. The summed E-state index contributed by atoms with van der Waals surface area (Å²) in [5.74, 6) is -0.357. The van der Waals surface area contributed by atoms with Gasteiger partial charge in [0, 0.05) is 18.7 Å². The van der Waals surface area contributed by atoms with Crippen LogP contribution in [0.25, 0.3) is 20.8 Å². The van der Waals surface area contributed by atoms with Crippen LogP contribution in [0.1, 0.15) is 35.2 Å². The number of hydrogen-bond donors (Lipinski definition) is 0. The summed E-state index contributed by atoms with van der Waals surface area (Å²) in [5, 5.41) is 10.5. The first-order valence-corrected chi connectivity index (χ1v) is 9.79. The third-order valence-electron chi connectivity index (χ3n) is 4.87. The molecule has 0 radical (unpaired) electrons. The Morgan fingerprint density at radius 3 is 2.74 bits per heavy atom. The Hall–Kier alpha value is -2.91. The van der Waals surface area contributed by atoms with Gasteiger partial charge in [-0.05, 0) is 55.7 Å². The number of benzene rings is 2. The number of carbonyl (C=O) groups is 1. The molecular formula is C21H19N3O2S. The maximum atomic E-state index is 11.7. The van der Waals surface area contributed by atoms with Gasteiger partial charge in [0.05, 0.1) is 34.1 Å². The molecule has 6 heteroatoms. The fraction of sp³-hybridized carbons (Fsp3) is 0.286. The third kappa shape index (κ3) is 3.38. The lowest BCUT2D eigenvalue weighted by atomic mass is 10.1. The normalized spacial score (nSPS) is 14.1. The maximum Gasteiger partial charge on any atom is 0.337 e. The number of aromatic nitrogens is 1. The van der Waals surface area contributed by atoms with Crippen LogP contribution in [0, 0.1) is 11.3 Å². The number of piperidine rings is 1. The fourth-order valence-corrected chi connectivity index (χ4v) is 4.46. The number of methoxy groups -OCH3 is 1. The second kappa shape index (κ2) is 7.37. The molecule has 1 aromatic heterocycles. The summed E-state index contributed by atoms with van der Waals surface area (Å²) >= 11 is 1.51. The SMILES string of the molecule is COC(=O)c1ccc2nc(-c3ccc(N4CCCCC4)c(C#N)c3)sc2c1. The second-order valence-electron chi connectivity index (χ2n) is 6.58. The number of anilines is 1. The van der Waals surface area contributed by atoms with Crippen molar-refractivity contribution in [3.05, 3.63) is 47.5 Å². The molecule has 27 heavy (non-hydrogen) atoms. The summed E-state index contributed by atoms with van der Waals surface area (Å²) in [4.78, 5) is 18.7. The standard InChI is InChI=1S/C21H19N3O2S/c1-26-21(25)15-5-7-17-19(12-15)27-20(23-17)14-6-8-18(16(11-14)13-22)24-9-3-2-4-10-24/h5-8,11-12H,2-4,9-10H2,1H3. The quantitative estimate of drug-likeness (QED) is 0.624. The Morgan fingerprint density at radius 1 is 1.19 bits per heavy atom. The van der Waals surface area contributed by atoms with Gasteiger partial charge < -0.3 is 9.64 Å². The van der Waals surface area contributed by atoms with Gasteiger partial charge in [0.15, 0.2) is 0 Å². The zero-order chi connectivity index (χ0) is 18.8. The highest BCUT2D eigenvalue weighted by molar-refractivity contribution is 7.21. The number of rotatable bonds is 3. The van der Waals surface area contributed by atoms with Crippen LogP contribution in [-0.2, 0) is 4.74 Å². The van der Waals surface area contributed by atoms with Gasteiger partial charge in [-0.25, -0.2) is 9.78 Å². The predicted octanol–water partition coefficient (Wildman–Crippen LogP) is 4.61. The van der Waals surface area contributed by atoms with Gasteiger partial charge in [-0.3, -0.25) is 0 Å². The highest BCUT2D eigenvalue weighted by atomic mass is 32.1. The molecule has 0 atom stereocenters. The minimum Gasteiger partial charge on any atom is -0.465 e. The molecule has 0 spiro atoms. The summed E-state index contributed by atoms with van der Waals surface area (Å²) in [6.45, 7) is 2.01. The van der Waals surface area contributed by atoms with Crippen LogP contribution in [0.15, 0.2) is 36.4 Å². The summed E-state index contributed by atoms with van der Waals surface area (Å²) in [6.07, 6.45) is 3.61. The molecule has 0 amide bonds. The van der Waals surface area contributed by atoms with Crippen molar-refractivity contribution in [3.8, 4) is 16.6 Å². The lowest BCUT2D eigenvalue weighted by Gasteiger charge is -2.29. The Bertz CT molecular complexity index is 1050. The highest BCUT2D eigenvalue weighted by Gasteiger charge is 2.17. The van der Waals surface area contributed by atoms with E-state index in [0.717, 1.165) is 39.6 Å². The first kappa shape index (κ1) is 17.5. The Balaban J connectivity index is 1.70. The summed E-state index contributed by atoms with van der Waals surface area (Å²) in [7, 11) is 1.37. The maximum absolute atomic E-state index is 11.7. The van der Waals surface area contributed by atoms with Crippen molar-refractivity contribution in [1.82, 2.24) is 4.98 Å². The minimum absolute atomic E-state index is 0.357. The molecule has 136 valence electrons. The number of carbonyl (C=O) groups excluding carboxylic acids is 1. The monoisotopic (exact) mass is 377 g/mol. The topological polar surface area (TPSA) is 66.2 Å². The van der Waals surface area contributed by atoms with E-state index < -0.39 is 0 Å². The fourth-order valence-electron chi connectivity index (χ4n) is 3.46. The first-order chi connectivity index (χ1) is 13.2. The number of fused-ring (bicyclic) bond motifs is 1. The second-order valence-corrected chi connectivity index (χ2v) is 7.62. The molecule has 0 bridgehead atoms. The van der Waals surface area contributed by atoms with E-state index in [9.17, 15) is 10.1 Å². The lowest BCUT2D eigenvalue weighted by molar-refractivity contribution is 0.0601. The van der Waals surface area contributed by atoms with Crippen LogP contribution in [-0.4, -0.2) is 31.2 Å². The van der Waals surface area contributed by atoms with Crippen molar-refractivity contribution < 1.29 is 9.53 Å². The van der Waals surface area contributed by atoms with Gasteiger partial charge in [-0.2, -0.15) is 5.26 Å². The van der Waals surface area contributed by atoms with Crippen molar-refractivity contribution in [2.24, 2.45) is 0 Å². The summed E-state index contributed by atoms with van der Waals surface area (Å²) in [5.41, 5.74) is 3.96. The van der Waals surface area contributed by atoms with Crippen LogP contribution < -0.4 is 4.90 Å². The van der Waals surface area contributed by atoms with Gasteiger partial charge in [0.1, 0.15) is 11.1 Å². The first-order valence-electron chi connectivity index (χ1n) is 8.98. The molecule has 0 unspecified atom stereocenters. The summed E-state index contributed by atoms with van der Waals surface area (Å²) in [6, 6.07) is 13.7. The Kier molecular flexibility index (Phi) is 4.78. The number of nitrogens with zero attached hydrogens (tertiary/aromatic N) is 3. The van der Waals surface area contributed by atoms with Crippen LogP contribution in [0.5, 0.6) is 0 Å². The van der Waals surface area contributed by atoms with E-state index in [-0.39, 0.29) is 5.97 Å². The van der Waals surface area contributed by atoms with E-state index in [2.05, 4.69) is 16.0 Å². The largest absolute Gasteiger partial charge is 0.465 e. The van der Waals surface area contributed by atoms with Crippen molar-refractivity contribution in [2.75, 3.05) is 25.1 Å². The average molecular weight is 377 g/mol. The number of thiazole rings is 1. The van der Waals surface area contributed by atoms with Gasteiger partial charge in [0.25, 0.3) is 0 Å². The number of hydrogen-bond acceptors (Lipinski definition) is 6. The van der Waals surface area contributed by atoms with E-state index in [0.29, 0.717) is 11.1 Å². The average Bonchev–Trinajstić information content (AvgIpc) is 3.16. The molecule has 1 fully saturated rings. The Morgan fingerprint density at radius 2 is 2.00 bits per heavy atom. The number of ether oxygens (including phenoxy) is 1. The Labute approximate surface area is 161 Å². The van der Waals surface area contributed by atoms with E-state index in [1.54, 1.807) is 12.1 Å². The van der Waals surface area contributed by atoms with Gasteiger partial charge >= 0.3 is 5.97 Å². The zero-order valence-electron chi connectivity index (χ0n) is 15.1. The molecule has 0 saturated carbocycles. The van der Waals surface area contributed by atoms with Crippen LogP contribution >= 0.6 is 11.3 Å². The van der Waals surface area contributed by atoms with Gasteiger partial charge in [0.2, 0.25) is 0 Å². The lowest BCUT2D eigenvalue weighted by Crippen LogP contribution is -2.29. The van der Waals surface area contributed by atoms with Gasteiger partial charge in [-0.15, -0.1) is 11.3 Å². The molecule has 0 N–H and O–H groups in total.